The summed E-state index contributed by atoms with van der Waals surface area (Å²) in [6.45, 7) is 2.93. The van der Waals surface area contributed by atoms with E-state index in [0.717, 1.165) is 42.4 Å². The lowest BCUT2D eigenvalue weighted by atomic mass is 9.95. The number of carbonyl (C=O) groups excluding carboxylic acids is 1. The molecule has 1 saturated heterocycles. The summed E-state index contributed by atoms with van der Waals surface area (Å²) in [4.78, 5) is 27.8. The van der Waals surface area contributed by atoms with Gasteiger partial charge < -0.3 is 14.4 Å². The quantitative estimate of drug-likeness (QED) is 0.686. The van der Waals surface area contributed by atoms with E-state index in [1.807, 2.05) is 35.5 Å². The summed E-state index contributed by atoms with van der Waals surface area (Å²) in [7, 11) is 0. The molecular formula is C21H23N5OS. The van der Waals surface area contributed by atoms with Crippen molar-refractivity contribution >= 4 is 23.2 Å². The van der Waals surface area contributed by atoms with Crippen molar-refractivity contribution in [1.29, 1.82) is 0 Å². The molecule has 7 heteroatoms. The van der Waals surface area contributed by atoms with Crippen LogP contribution in [0, 0.1) is 0 Å². The van der Waals surface area contributed by atoms with Crippen LogP contribution >= 0.6 is 11.3 Å². The van der Waals surface area contributed by atoms with Crippen LogP contribution < -0.4 is 4.90 Å². The van der Waals surface area contributed by atoms with Gasteiger partial charge in [-0.2, -0.15) is 0 Å². The van der Waals surface area contributed by atoms with Crippen LogP contribution in [0.15, 0.2) is 43.0 Å². The Hall–Kier alpha value is -2.67. The Labute approximate surface area is 168 Å². The zero-order valence-corrected chi connectivity index (χ0v) is 16.6. The number of aryl methyl sites for hydroxylation is 1. The monoisotopic (exact) mass is 393 g/mol. The van der Waals surface area contributed by atoms with Crippen LogP contribution in [0.1, 0.15) is 33.6 Å². The number of anilines is 1. The van der Waals surface area contributed by atoms with Gasteiger partial charge in [0.15, 0.2) is 0 Å². The third-order valence-corrected chi connectivity index (χ3v) is 6.91. The number of carbonyl (C=O) groups is 1. The number of nitrogens with zero attached hydrogens (tertiary/aromatic N) is 5. The number of aromatic nitrogens is 3. The van der Waals surface area contributed by atoms with Gasteiger partial charge in [0.05, 0.1) is 5.56 Å². The van der Waals surface area contributed by atoms with Crippen LogP contribution in [0.4, 0.5) is 5.95 Å². The lowest BCUT2D eigenvalue weighted by Gasteiger charge is -2.35. The molecule has 1 amide bonds. The Balaban J connectivity index is 1.41. The fourth-order valence-electron chi connectivity index (χ4n) is 4.15. The highest BCUT2D eigenvalue weighted by Crippen LogP contribution is 2.37. The first-order valence-corrected chi connectivity index (χ1v) is 10.7. The molecule has 0 N–H and O–H groups in total. The molecule has 0 spiro atoms. The van der Waals surface area contributed by atoms with Gasteiger partial charge in [-0.3, -0.25) is 4.79 Å². The zero-order valence-electron chi connectivity index (χ0n) is 15.8. The Kier molecular flexibility index (Phi) is 4.60. The maximum absolute atomic E-state index is 13.6. The standard InChI is InChI=1S/C21H23N5OS/c27-19(24-12-14-26(15-13-24)21-22-8-5-9-23-21)18-16-6-1-2-7-17(16)28-20(18)25-10-3-4-11-25/h3-5,8-11H,1-2,6-7,12-15H2. The second-order valence-corrected chi connectivity index (χ2v) is 8.39. The van der Waals surface area contributed by atoms with Gasteiger partial charge in [0.2, 0.25) is 5.95 Å². The lowest BCUT2D eigenvalue weighted by Crippen LogP contribution is -2.49. The van der Waals surface area contributed by atoms with Gasteiger partial charge in [-0.1, -0.05) is 0 Å². The van der Waals surface area contributed by atoms with E-state index in [0.29, 0.717) is 13.1 Å². The average Bonchev–Trinajstić information content (AvgIpc) is 3.42. The number of fused-ring (bicyclic) bond motifs is 1. The molecule has 1 fully saturated rings. The van der Waals surface area contributed by atoms with Gasteiger partial charge in [0.25, 0.3) is 5.91 Å². The normalized spacial score (nSPS) is 16.9. The topological polar surface area (TPSA) is 54.3 Å². The molecule has 3 aromatic rings. The highest BCUT2D eigenvalue weighted by molar-refractivity contribution is 7.15. The van der Waals surface area contributed by atoms with Crippen molar-refractivity contribution in [1.82, 2.24) is 19.4 Å². The molecule has 6 nitrogen and oxygen atoms in total. The minimum atomic E-state index is 0.178. The molecule has 0 saturated carbocycles. The minimum absolute atomic E-state index is 0.178. The van der Waals surface area contributed by atoms with Crippen molar-refractivity contribution in [2.45, 2.75) is 25.7 Å². The first kappa shape index (κ1) is 17.4. The van der Waals surface area contributed by atoms with Crippen molar-refractivity contribution in [2.75, 3.05) is 31.1 Å². The van der Waals surface area contributed by atoms with Crippen LogP contribution in [0.3, 0.4) is 0 Å². The van der Waals surface area contributed by atoms with Crippen LogP contribution in [0.5, 0.6) is 0 Å². The third-order valence-electron chi connectivity index (χ3n) is 5.61. The summed E-state index contributed by atoms with van der Waals surface area (Å²) in [5, 5.41) is 1.08. The smallest absolute Gasteiger partial charge is 0.257 e. The summed E-state index contributed by atoms with van der Waals surface area (Å²) in [5.41, 5.74) is 2.22. The predicted octanol–water partition coefficient (Wildman–Crippen LogP) is 3.17. The molecule has 4 heterocycles. The number of rotatable bonds is 3. The lowest BCUT2D eigenvalue weighted by molar-refractivity contribution is 0.0745. The molecule has 0 radical (unpaired) electrons. The van der Waals surface area contributed by atoms with E-state index in [-0.39, 0.29) is 5.91 Å². The number of thiophene rings is 1. The molecule has 5 rings (SSSR count). The minimum Gasteiger partial charge on any atom is -0.337 e. The van der Waals surface area contributed by atoms with E-state index in [1.165, 1.54) is 23.3 Å². The van der Waals surface area contributed by atoms with Crippen molar-refractivity contribution in [2.24, 2.45) is 0 Å². The predicted molar refractivity (Wildman–Crippen MR) is 110 cm³/mol. The fraction of sp³-hybridized carbons (Fsp3) is 0.381. The van der Waals surface area contributed by atoms with Gasteiger partial charge in [-0.15, -0.1) is 11.3 Å². The number of hydrogen-bond acceptors (Lipinski definition) is 5. The van der Waals surface area contributed by atoms with E-state index < -0.39 is 0 Å². The van der Waals surface area contributed by atoms with E-state index in [1.54, 1.807) is 23.7 Å². The molecule has 144 valence electrons. The van der Waals surface area contributed by atoms with Gasteiger partial charge in [-0.05, 0) is 49.4 Å². The molecule has 0 unspecified atom stereocenters. The van der Waals surface area contributed by atoms with Gasteiger partial charge in [0.1, 0.15) is 5.00 Å². The zero-order chi connectivity index (χ0) is 18.9. The first-order valence-electron chi connectivity index (χ1n) is 9.90. The summed E-state index contributed by atoms with van der Waals surface area (Å²) in [6, 6.07) is 5.86. The molecule has 0 aromatic carbocycles. The summed E-state index contributed by atoms with van der Waals surface area (Å²) in [5.74, 6) is 0.923. The summed E-state index contributed by atoms with van der Waals surface area (Å²) < 4.78 is 2.10. The molecule has 28 heavy (non-hydrogen) atoms. The van der Waals surface area contributed by atoms with E-state index >= 15 is 0 Å². The van der Waals surface area contributed by atoms with Gasteiger partial charge in [0, 0.05) is 55.8 Å². The number of hydrogen-bond donors (Lipinski definition) is 0. The maximum atomic E-state index is 13.6. The Morgan fingerprint density at radius 3 is 2.39 bits per heavy atom. The van der Waals surface area contributed by atoms with Crippen LogP contribution in [-0.4, -0.2) is 51.5 Å². The Morgan fingerprint density at radius 1 is 0.929 bits per heavy atom. The number of piperazine rings is 1. The second-order valence-electron chi connectivity index (χ2n) is 7.31. The van der Waals surface area contributed by atoms with Crippen molar-refractivity contribution < 1.29 is 4.79 Å². The van der Waals surface area contributed by atoms with Gasteiger partial charge >= 0.3 is 0 Å². The van der Waals surface area contributed by atoms with E-state index in [4.69, 9.17) is 0 Å². The average molecular weight is 394 g/mol. The first-order chi connectivity index (χ1) is 13.8. The SMILES string of the molecule is O=C(c1c(-n2cccc2)sc2c1CCCC2)N1CCN(c2ncccn2)CC1. The molecule has 1 aliphatic carbocycles. The third kappa shape index (κ3) is 3.09. The van der Waals surface area contributed by atoms with Crippen molar-refractivity contribution in [3.63, 3.8) is 0 Å². The molecule has 2 aliphatic rings. The Bertz CT molecular complexity index is 958. The van der Waals surface area contributed by atoms with Crippen molar-refractivity contribution in [3.8, 4) is 5.00 Å². The van der Waals surface area contributed by atoms with E-state index in [9.17, 15) is 4.79 Å². The molecule has 0 bridgehead atoms. The van der Waals surface area contributed by atoms with Gasteiger partial charge in [-0.25, -0.2) is 9.97 Å². The van der Waals surface area contributed by atoms with Crippen molar-refractivity contribution in [3.05, 3.63) is 59.0 Å². The summed E-state index contributed by atoms with van der Waals surface area (Å²) >= 11 is 1.79. The fourth-order valence-corrected chi connectivity index (χ4v) is 5.49. The van der Waals surface area contributed by atoms with Crippen LogP contribution in [0.25, 0.3) is 5.00 Å². The number of amides is 1. The van der Waals surface area contributed by atoms with Crippen LogP contribution in [0.2, 0.25) is 0 Å². The molecule has 0 atom stereocenters. The second kappa shape index (κ2) is 7.39. The van der Waals surface area contributed by atoms with Crippen LogP contribution in [-0.2, 0) is 12.8 Å². The summed E-state index contributed by atoms with van der Waals surface area (Å²) in [6.07, 6.45) is 12.1. The largest absolute Gasteiger partial charge is 0.337 e. The molecule has 1 aliphatic heterocycles. The highest BCUT2D eigenvalue weighted by atomic mass is 32.1. The maximum Gasteiger partial charge on any atom is 0.257 e. The highest BCUT2D eigenvalue weighted by Gasteiger charge is 2.31. The molecule has 3 aromatic heterocycles. The van der Waals surface area contributed by atoms with E-state index in [2.05, 4.69) is 19.4 Å². The Morgan fingerprint density at radius 2 is 1.64 bits per heavy atom. The molecular weight excluding hydrogens is 370 g/mol.